The summed E-state index contributed by atoms with van der Waals surface area (Å²) in [4.78, 5) is 0. The Morgan fingerprint density at radius 2 is 2.27 bits per heavy atom. The number of nitrogens with one attached hydrogen (secondary N) is 1. The van der Waals surface area contributed by atoms with Gasteiger partial charge in [0.15, 0.2) is 0 Å². The maximum atomic E-state index is 5.76. The van der Waals surface area contributed by atoms with Gasteiger partial charge >= 0.3 is 0 Å². The molecule has 0 aliphatic carbocycles. The van der Waals surface area contributed by atoms with Crippen molar-refractivity contribution in [2.45, 2.75) is 52.6 Å². The number of rotatable bonds is 6. The summed E-state index contributed by atoms with van der Waals surface area (Å²) in [5.74, 6) is 0.826. The van der Waals surface area contributed by atoms with E-state index in [2.05, 4.69) is 33.1 Å². The average molecular weight is 213 g/mol. The number of hydrogen-bond donors (Lipinski definition) is 1. The van der Waals surface area contributed by atoms with Gasteiger partial charge in [-0.05, 0) is 32.7 Å². The van der Waals surface area contributed by atoms with Gasteiger partial charge in [-0.1, -0.05) is 26.7 Å². The topological polar surface area (TPSA) is 21.3 Å². The molecule has 0 amide bonds. The molecule has 0 aromatic carbocycles. The van der Waals surface area contributed by atoms with Crippen molar-refractivity contribution in [1.82, 2.24) is 5.32 Å². The highest BCUT2D eigenvalue weighted by Gasteiger charge is 2.41. The fourth-order valence-corrected chi connectivity index (χ4v) is 3.03. The Hall–Kier alpha value is -0.0800. The van der Waals surface area contributed by atoms with E-state index < -0.39 is 0 Å². The Kier molecular flexibility index (Phi) is 5.07. The SMILES string of the molecule is CCCC(C)CC1(CNC)CCOC1C. The highest BCUT2D eigenvalue weighted by molar-refractivity contribution is 4.92. The van der Waals surface area contributed by atoms with Crippen LogP contribution in [-0.4, -0.2) is 26.3 Å². The smallest absolute Gasteiger partial charge is 0.0616 e. The van der Waals surface area contributed by atoms with Gasteiger partial charge in [-0.25, -0.2) is 0 Å². The fourth-order valence-electron chi connectivity index (χ4n) is 3.03. The van der Waals surface area contributed by atoms with Crippen LogP contribution in [0.4, 0.5) is 0 Å². The van der Waals surface area contributed by atoms with Crippen molar-refractivity contribution in [3.8, 4) is 0 Å². The molecule has 15 heavy (non-hydrogen) atoms. The van der Waals surface area contributed by atoms with Gasteiger partial charge < -0.3 is 10.1 Å². The molecular formula is C13H27NO. The molecule has 2 heteroatoms. The lowest BCUT2D eigenvalue weighted by molar-refractivity contribution is 0.0506. The Balaban J connectivity index is 2.56. The predicted octanol–water partition coefficient (Wildman–Crippen LogP) is 2.83. The maximum absolute atomic E-state index is 5.76. The van der Waals surface area contributed by atoms with Crippen LogP contribution in [0.1, 0.15) is 46.5 Å². The second kappa shape index (κ2) is 5.86. The first kappa shape index (κ1) is 13.0. The zero-order chi connectivity index (χ0) is 11.3. The lowest BCUT2D eigenvalue weighted by atomic mass is 9.74. The van der Waals surface area contributed by atoms with Gasteiger partial charge in [0.25, 0.3) is 0 Å². The van der Waals surface area contributed by atoms with Crippen molar-refractivity contribution in [3.05, 3.63) is 0 Å². The molecule has 0 saturated carbocycles. The Labute approximate surface area is 94.8 Å². The molecule has 1 aliphatic heterocycles. The fraction of sp³-hybridized carbons (Fsp3) is 1.00. The highest BCUT2D eigenvalue weighted by Crippen LogP contribution is 2.40. The van der Waals surface area contributed by atoms with E-state index >= 15 is 0 Å². The molecule has 1 fully saturated rings. The van der Waals surface area contributed by atoms with Crippen LogP contribution in [0.3, 0.4) is 0 Å². The first-order valence-corrected chi connectivity index (χ1v) is 6.41. The molecule has 90 valence electrons. The van der Waals surface area contributed by atoms with E-state index in [-0.39, 0.29) is 0 Å². The maximum Gasteiger partial charge on any atom is 0.0616 e. The van der Waals surface area contributed by atoms with Gasteiger partial charge in [0.05, 0.1) is 6.10 Å². The lowest BCUT2D eigenvalue weighted by Gasteiger charge is -2.34. The summed E-state index contributed by atoms with van der Waals surface area (Å²) in [6.07, 6.45) is 5.60. The second-order valence-electron chi connectivity index (χ2n) is 5.25. The van der Waals surface area contributed by atoms with Crippen LogP contribution in [0.5, 0.6) is 0 Å². The molecule has 0 bridgehead atoms. The zero-order valence-electron chi connectivity index (χ0n) is 10.8. The minimum absolute atomic E-state index is 0.392. The van der Waals surface area contributed by atoms with E-state index in [9.17, 15) is 0 Å². The van der Waals surface area contributed by atoms with E-state index in [1.165, 1.54) is 25.7 Å². The van der Waals surface area contributed by atoms with E-state index in [1.807, 2.05) is 0 Å². The van der Waals surface area contributed by atoms with Gasteiger partial charge in [0.1, 0.15) is 0 Å². The van der Waals surface area contributed by atoms with Crippen molar-refractivity contribution < 1.29 is 4.74 Å². The van der Waals surface area contributed by atoms with Crippen LogP contribution < -0.4 is 5.32 Å². The predicted molar refractivity (Wildman–Crippen MR) is 65.1 cm³/mol. The zero-order valence-corrected chi connectivity index (χ0v) is 10.8. The van der Waals surface area contributed by atoms with Crippen molar-refractivity contribution in [2.24, 2.45) is 11.3 Å². The standard InChI is InChI=1S/C13H27NO/c1-5-6-11(2)9-13(10-14-4)7-8-15-12(13)3/h11-12,14H,5-10H2,1-4H3. The van der Waals surface area contributed by atoms with Crippen LogP contribution in [-0.2, 0) is 4.74 Å². The number of ether oxygens (including phenoxy) is 1. The summed E-state index contributed by atoms with van der Waals surface area (Å²) in [7, 11) is 2.05. The van der Waals surface area contributed by atoms with Crippen molar-refractivity contribution in [2.75, 3.05) is 20.2 Å². The van der Waals surface area contributed by atoms with Gasteiger partial charge in [0, 0.05) is 18.6 Å². The molecule has 1 aliphatic rings. The third-order valence-corrected chi connectivity index (χ3v) is 3.90. The van der Waals surface area contributed by atoms with Crippen molar-refractivity contribution in [3.63, 3.8) is 0 Å². The molecule has 3 atom stereocenters. The largest absolute Gasteiger partial charge is 0.378 e. The highest BCUT2D eigenvalue weighted by atomic mass is 16.5. The summed E-state index contributed by atoms with van der Waals surface area (Å²) < 4.78 is 5.76. The van der Waals surface area contributed by atoms with Crippen LogP contribution in [0.25, 0.3) is 0 Å². The number of hydrogen-bond acceptors (Lipinski definition) is 2. The van der Waals surface area contributed by atoms with E-state index in [1.54, 1.807) is 0 Å². The molecule has 3 unspecified atom stereocenters. The monoisotopic (exact) mass is 213 g/mol. The van der Waals surface area contributed by atoms with Crippen LogP contribution in [0, 0.1) is 11.3 Å². The minimum Gasteiger partial charge on any atom is -0.378 e. The van der Waals surface area contributed by atoms with Crippen LogP contribution >= 0.6 is 0 Å². The van der Waals surface area contributed by atoms with Crippen LogP contribution in [0.2, 0.25) is 0 Å². The average Bonchev–Trinajstić information content (AvgIpc) is 2.49. The molecule has 1 heterocycles. The lowest BCUT2D eigenvalue weighted by Crippen LogP contribution is -2.39. The van der Waals surface area contributed by atoms with E-state index in [4.69, 9.17) is 4.74 Å². The summed E-state index contributed by atoms with van der Waals surface area (Å²) >= 11 is 0. The molecule has 0 spiro atoms. The summed E-state index contributed by atoms with van der Waals surface area (Å²) in [6, 6.07) is 0. The van der Waals surface area contributed by atoms with E-state index in [0.29, 0.717) is 11.5 Å². The molecule has 1 N–H and O–H groups in total. The Morgan fingerprint density at radius 3 is 2.73 bits per heavy atom. The van der Waals surface area contributed by atoms with Crippen molar-refractivity contribution >= 4 is 0 Å². The summed E-state index contributed by atoms with van der Waals surface area (Å²) in [5, 5.41) is 3.35. The molecule has 2 nitrogen and oxygen atoms in total. The van der Waals surface area contributed by atoms with Crippen LogP contribution in [0.15, 0.2) is 0 Å². The minimum atomic E-state index is 0.392. The third kappa shape index (κ3) is 3.18. The summed E-state index contributed by atoms with van der Waals surface area (Å²) in [6.45, 7) is 8.94. The van der Waals surface area contributed by atoms with Gasteiger partial charge in [-0.3, -0.25) is 0 Å². The second-order valence-corrected chi connectivity index (χ2v) is 5.25. The molecule has 0 radical (unpaired) electrons. The normalized spacial score (nSPS) is 33.2. The van der Waals surface area contributed by atoms with Gasteiger partial charge in [-0.2, -0.15) is 0 Å². The van der Waals surface area contributed by atoms with Gasteiger partial charge in [0.2, 0.25) is 0 Å². The first-order chi connectivity index (χ1) is 7.14. The third-order valence-electron chi connectivity index (χ3n) is 3.90. The van der Waals surface area contributed by atoms with Gasteiger partial charge in [-0.15, -0.1) is 0 Å². The molecule has 1 saturated heterocycles. The Bertz CT molecular complexity index is 183. The van der Waals surface area contributed by atoms with E-state index in [0.717, 1.165) is 19.1 Å². The quantitative estimate of drug-likeness (QED) is 0.732. The molecular weight excluding hydrogens is 186 g/mol. The molecule has 0 aromatic heterocycles. The first-order valence-electron chi connectivity index (χ1n) is 6.41. The Morgan fingerprint density at radius 1 is 1.53 bits per heavy atom. The van der Waals surface area contributed by atoms with Crippen molar-refractivity contribution in [1.29, 1.82) is 0 Å². The summed E-state index contributed by atoms with van der Waals surface area (Å²) in [5.41, 5.74) is 0.392. The molecule has 1 rings (SSSR count). The molecule has 0 aromatic rings.